The summed E-state index contributed by atoms with van der Waals surface area (Å²) in [6.45, 7) is 9.58. The highest BCUT2D eigenvalue weighted by atomic mass is 16.2. The van der Waals surface area contributed by atoms with Crippen LogP contribution >= 0.6 is 0 Å². The van der Waals surface area contributed by atoms with Gasteiger partial charge in [0.25, 0.3) is 0 Å². The third-order valence-corrected chi connectivity index (χ3v) is 3.43. The molecule has 0 saturated heterocycles. The molecular formula is C13H23NO2. The van der Waals surface area contributed by atoms with Crippen molar-refractivity contribution in [3.8, 4) is 0 Å². The van der Waals surface area contributed by atoms with Crippen LogP contribution in [0.15, 0.2) is 0 Å². The molecule has 1 aliphatic rings. The molecule has 1 amide bonds. The first-order valence-electron chi connectivity index (χ1n) is 6.21. The van der Waals surface area contributed by atoms with E-state index >= 15 is 0 Å². The zero-order chi connectivity index (χ0) is 12.5. The van der Waals surface area contributed by atoms with Gasteiger partial charge < -0.3 is 5.32 Å². The van der Waals surface area contributed by atoms with Gasteiger partial charge in [-0.1, -0.05) is 41.0 Å². The van der Waals surface area contributed by atoms with E-state index in [-0.39, 0.29) is 23.5 Å². The van der Waals surface area contributed by atoms with Crippen molar-refractivity contribution < 1.29 is 9.59 Å². The Morgan fingerprint density at radius 2 is 1.81 bits per heavy atom. The Bertz CT molecular complexity index is 296. The average Bonchev–Trinajstić information content (AvgIpc) is 2.91. The van der Waals surface area contributed by atoms with Crippen LogP contribution in [0, 0.1) is 17.8 Å². The van der Waals surface area contributed by atoms with Crippen molar-refractivity contribution in [2.75, 3.05) is 0 Å². The smallest absolute Gasteiger partial charge is 0.223 e. The van der Waals surface area contributed by atoms with Crippen molar-refractivity contribution in [1.29, 1.82) is 0 Å². The van der Waals surface area contributed by atoms with Crippen LogP contribution < -0.4 is 5.32 Å². The number of hydrogen-bond donors (Lipinski definition) is 1. The minimum Gasteiger partial charge on any atom is -0.343 e. The molecule has 1 rings (SSSR count). The molecular weight excluding hydrogens is 202 g/mol. The largest absolute Gasteiger partial charge is 0.343 e. The second-order valence-electron chi connectivity index (χ2n) is 5.44. The molecule has 0 aliphatic heterocycles. The lowest BCUT2D eigenvalue weighted by Gasteiger charge is -2.21. The van der Waals surface area contributed by atoms with Gasteiger partial charge in [-0.2, -0.15) is 0 Å². The summed E-state index contributed by atoms with van der Waals surface area (Å²) < 4.78 is 0. The van der Waals surface area contributed by atoms with E-state index in [1.807, 2.05) is 27.7 Å². The number of hydrogen-bond acceptors (Lipinski definition) is 2. The van der Waals surface area contributed by atoms with Crippen LogP contribution in [-0.2, 0) is 9.59 Å². The Balaban J connectivity index is 2.77. The highest BCUT2D eigenvalue weighted by Gasteiger charge is 2.59. The fourth-order valence-corrected chi connectivity index (χ4v) is 2.22. The molecule has 0 aromatic heterocycles. The van der Waals surface area contributed by atoms with Crippen LogP contribution in [0.2, 0.25) is 0 Å². The molecule has 1 saturated carbocycles. The topological polar surface area (TPSA) is 46.2 Å². The zero-order valence-electron chi connectivity index (χ0n) is 11.0. The monoisotopic (exact) mass is 225 g/mol. The number of Topliss-reactive ketones (excluding diaryl/α,β-unsaturated/α-hetero) is 1. The van der Waals surface area contributed by atoms with E-state index in [2.05, 4.69) is 12.2 Å². The highest BCUT2D eigenvalue weighted by Crippen LogP contribution is 2.47. The highest BCUT2D eigenvalue weighted by molar-refractivity contribution is 5.97. The maximum absolute atomic E-state index is 12.1. The van der Waals surface area contributed by atoms with Crippen molar-refractivity contribution >= 4 is 11.7 Å². The predicted molar refractivity (Wildman–Crippen MR) is 64.0 cm³/mol. The van der Waals surface area contributed by atoms with Crippen molar-refractivity contribution in [2.24, 2.45) is 17.8 Å². The number of ketones is 1. The Morgan fingerprint density at radius 1 is 1.25 bits per heavy atom. The van der Waals surface area contributed by atoms with Gasteiger partial charge in [0.05, 0.1) is 0 Å². The van der Waals surface area contributed by atoms with Gasteiger partial charge in [-0.05, 0) is 12.3 Å². The standard InChI is InChI=1S/C13H23NO2/c1-6-10-7-13(10,11(15)8(2)3)14-12(16)9(4)5/h8-10H,6-7H2,1-5H3,(H,14,16). The Labute approximate surface area is 98.0 Å². The maximum Gasteiger partial charge on any atom is 0.223 e. The van der Waals surface area contributed by atoms with E-state index in [0.29, 0.717) is 5.92 Å². The fourth-order valence-electron chi connectivity index (χ4n) is 2.22. The molecule has 92 valence electrons. The molecule has 16 heavy (non-hydrogen) atoms. The summed E-state index contributed by atoms with van der Waals surface area (Å²) in [4.78, 5) is 23.9. The summed E-state index contributed by atoms with van der Waals surface area (Å²) >= 11 is 0. The maximum atomic E-state index is 12.1. The van der Waals surface area contributed by atoms with Gasteiger partial charge >= 0.3 is 0 Å². The van der Waals surface area contributed by atoms with Crippen LogP contribution in [0.25, 0.3) is 0 Å². The van der Waals surface area contributed by atoms with Gasteiger partial charge in [-0.3, -0.25) is 9.59 Å². The molecule has 0 radical (unpaired) electrons. The Hall–Kier alpha value is -0.860. The molecule has 0 aromatic rings. The number of carbonyl (C=O) groups excluding carboxylic acids is 2. The van der Waals surface area contributed by atoms with E-state index in [1.165, 1.54) is 0 Å². The normalized spacial score (nSPS) is 28.3. The predicted octanol–water partition coefficient (Wildman–Crippen LogP) is 2.15. The minimum atomic E-state index is -0.537. The summed E-state index contributed by atoms with van der Waals surface area (Å²) in [5, 5.41) is 2.96. The first-order chi connectivity index (χ1) is 7.35. The van der Waals surface area contributed by atoms with Crippen LogP contribution in [0.3, 0.4) is 0 Å². The fraction of sp³-hybridized carbons (Fsp3) is 0.846. The number of carbonyl (C=O) groups is 2. The SMILES string of the molecule is CCC1CC1(NC(=O)C(C)C)C(=O)C(C)C. The van der Waals surface area contributed by atoms with Gasteiger partial charge in [0.1, 0.15) is 5.54 Å². The Morgan fingerprint density at radius 3 is 2.12 bits per heavy atom. The van der Waals surface area contributed by atoms with Crippen LogP contribution in [-0.4, -0.2) is 17.2 Å². The summed E-state index contributed by atoms with van der Waals surface area (Å²) in [6, 6.07) is 0. The van der Waals surface area contributed by atoms with Crippen molar-refractivity contribution in [2.45, 2.75) is 53.0 Å². The van der Waals surface area contributed by atoms with Crippen LogP contribution in [0.5, 0.6) is 0 Å². The number of amides is 1. The third kappa shape index (κ3) is 2.28. The van der Waals surface area contributed by atoms with Gasteiger partial charge in [-0.25, -0.2) is 0 Å². The second-order valence-corrected chi connectivity index (χ2v) is 5.44. The van der Waals surface area contributed by atoms with Crippen molar-refractivity contribution in [3.05, 3.63) is 0 Å². The third-order valence-electron chi connectivity index (χ3n) is 3.43. The van der Waals surface area contributed by atoms with Crippen LogP contribution in [0.1, 0.15) is 47.5 Å². The van der Waals surface area contributed by atoms with Gasteiger partial charge in [0, 0.05) is 11.8 Å². The number of nitrogens with one attached hydrogen (secondary N) is 1. The quantitative estimate of drug-likeness (QED) is 0.779. The van der Waals surface area contributed by atoms with E-state index in [0.717, 1.165) is 12.8 Å². The summed E-state index contributed by atoms with van der Waals surface area (Å²) in [5.74, 6) is 0.447. The summed E-state index contributed by atoms with van der Waals surface area (Å²) in [6.07, 6.45) is 1.77. The Kier molecular flexibility index (Phi) is 3.76. The van der Waals surface area contributed by atoms with E-state index < -0.39 is 5.54 Å². The summed E-state index contributed by atoms with van der Waals surface area (Å²) in [5.41, 5.74) is -0.537. The van der Waals surface area contributed by atoms with E-state index in [9.17, 15) is 9.59 Å². The lowest BCUT2D eigenvalue weighted by atomic mass is 9.96. The van der Waals surface area contributed by atoms with E-state index in [1.54, 1.807) is 0 Å². The second kappa shape index (κ2) is 4.56. The van der Waals surface area contributed by atoms with Crippen LogP contribution in [0.4, 0.5) is 0 Å². The molecule has 3 nitrogen and oxygen atoms in total. The van der Waals surface area contributed by atoms with Gasteiger partial charge in [-0.15, -0.1) is 0 Å². The summed E-state index contributed by atoms with van der Waals surface area (Å²) in [7, 11) is 0. The van der Waals surface area contributed by atoms with Gasteiger partial charge in [0.15, 0.2) is 5.78 Å². The molecule has 1 fully saturated rings. The number of rotatable bonds is 5. The van der Waals surface area contributed by atoms with Crippen molar-refractivity contribution in [3.63, 3.8) is 0 Å². The first kappa shape index (κ1) is 13.2. The minimum absolute atomic E-state index is 0.00931. The molecule has 1 N–H and O–H groups in total. The lowest BCUT2D eigenvalue weighted by Crippen LogP contribution is -2.48. The molecule has 2 atom stereocenters. The lowest BCUT2D eigenvalue weighted by molar-refractivity contribution is -0.132. The first-order valence-corrected chi connectivity index (χ1v) is 6.21. The molecule has 0 bridgehead atoms. The molecule has 0 spiro atoms. The molecule has 0 heterocycles. The average molecular weight is 225 g/mol. The van der Waals surface area contributed by atoms with E-state index in [4.69, 9.17) is 0 Å². The zero-order valence-corrected chi connectivity index (χ0v) is 11.0. The molecule has 2 unspecified atom stereocenters. The van der Waals surface area contributed by atoms with Gasteiger partial charge in [0.2, 0.25) is 5.91 Å². The molecule has 3 heteroatoms. The molecule has 1 aliphatic carbocycles. The van der Waals surface area contributed by atoms with Crippen molar-refractivity contribution in [1.82, 2.24) is 5.32 Å². The molecule has 0 aromatic carbocycles.